The summed E-state index contributed by atoms with van der Waals surface area (Å²) in [7, 11) is 0. The van der Waals surface area contributed by atoms with Crippen LogP contribution in [0.1, 0.15) is 11.7 Å². The second kappa shape index (κ2) is 4.72. The van der Waals surface area contributed by atoms with Gasteiger partial charge in [0.1, 0.15) is 6.10 Å². The highest BCUT2D eigenvalue weighted by Crippen LogP contribution is 2.23. The van der Waals surface area contributed by atoms with Gasteiger partial charge in [0.15, 0.2) is 0 Å². The Balaban J connectivity index is 2.09. The van der Waals surface area contributed by atoms with E-state index in [0.29, 0.717) is 24.7 Å². The van der Waals surface area contributed by atoms with Crippen molar-refractivity contribution in [2.45, 2.75) is 6.10 Å². The largest absolute Gasteiger partial charge is 0.465 e. The minimum absolute atomic E-state index is 0.192. The summed E-state index contributed by atoms with van der Waals surface area (Å²) in [6, 6.07) is 7.27. The molecule has 1 atom stereocenters. The summed E-state index contributed by atoms with van der Waals surface area (Å²) in [4.78, 5) is 12.2. The number of carboxylic acid groups (broad SMARTS) is 1. The van der Waals surface area contributed by atoms with Crippen molar-refractivity contribution in [1.82, 2.24) is 4.90 Å². The first-order chi connectivity index (χ1) is 7.66. The molecular formula is C11H12ClNO3. The lowest BCUT2D eigenvalue weighted by Gasteiger charge is -2.31. The second-order valence-electron chi connectivity index (χ2n) is 3.64. The van der Waals surface area contributed by atoms with Crippen LogP contribution < -0.4 is 0 Å². The van der Waals surface area contributed by atoms with Crippen molar-refractivity contribution in [2.75, 3.05) is 19.7 Å². The molecule has 0 radical (unpaired) electrons. The molecule has 0 bridgehead atoms. The van der Waals surface area contributed by atoms with Crippen molar-refractivity contribution >= 4 is 17.7 Å². The number of rotatable bonds is 1. The van der Waals surface area contributed by atoms with Crippen molar-refractivity contribution < 1.29 is 14.6 Å². The first-order valence-electron chi connectivity index (χ1n) is 5.02. The Labute approximate surface area is 98.4 Å². The molecule has 5 heteroatoms. The molecule has 86 valence electrons. The van der Waals surface area contributed by atoms with E-state index in [2.05, 4.69) is 0 Å². The highest BCUT2D eigenvalue weighted by molar-refractivity contribution is 6.30. The third-order valence-electron chi connectivity index (χ3n) is 2.58. The number of hydrogen-bond acceptors (Lipinski definition) is 2. The molecule has 1 aliphatic rings. The molecule has 1 saturated heterocycles. The van der Waals surface area contributed by atoms with E-state index in [1.807, 2.05) is 12.1 Å². The van der Waals surface area contributed by atoms with Gasteiger partial charge in [0.05, 0.1) is 13.2 Å². The van der Waals surface area contributed by atoms with Crippen LogP contribution in [0.15, 0.2) is 24.3 Å². The lowest BCUT2D eigenvalue weighted by atomic mass is 10.1. The molecule has 1 fully saturated rings. The number of ether oxygens (including phenoxy) is 1. The second-order valence-corrected chi connectivity index (χ2v) is 4.08. The zero-order valence-corrected chi connectivity index (χ0v) is 9.35. The van der Waals surface area contributed by atoms with Gasteiger partial charge < -0.3 is 14.7 Å². The van der Waals surface area contributed by atoms with Crippen molar-refractivity contribution in [1.29, 1.82) is 0 Å². The summed E-state index contributed by atoms with van der Waals surface area (Å²) in [6.07, 6.45) is -1.09. The molecule has 1 amide bonds. The standard InChI is InChI=1S/C11H12ClNO3/c12-9-3-1-8(2-4-9)10-7-13(11(14)15)5-6-16-10/h1-4,10H,5-7H2,(H,14,15)/t10-/m0/s1. The Morgan fingerprint density at radius 3 is 2.75 bits per heavy atom. The van der Waals surface area contributed by atoms with Gasteiger partial charge in [-0.3, -0.25) is 0 Å². The van der Waals surface area contributed by atoms with Gasteiger partial charge in [-0.05, 0) is 17.7 Å². The molecule has 0 aromatic heterocycles. The van der Waals surface area contributed by atoms with Gasteiger partial charge in [0.2, 0.25) is 0 Å². The molecule has 4 nitrogen and oxygen atoms in total. The van der Waals surface area contributed by atoms with E-state index in [0.717, 1.165) is 5.56 Å². The molecule has 1 N–H and O–H groups in total. The zero-order valence-electron chi connectivity index (χ0n) is 8.60. The van der Waals surface area contributed by atoms with E-state index in [9.17, 15) is 4.79 Å². The molecule has 16 heavy (non-hydrogen) atoms. The fourth-order valence-corrected chi connectivity index (χ4v) is 1.83. The van der Waals surface area contributed by atoms with E-state index >= 15 is 0 Å². The SMILES string of the molecule is O=C(O)N1CCO[C@H](c2ccc(Cl)cc2)C1. The van der Waals surface area contributed by atoms with Gasteiger partial charge in [-0.1, -0.05) is 23.7 Å². The van der Waals surface area contributed by atoms with Crippen LogP contribution in [0, 0.1) is 0 Å². The molecule has 0 spiro atoms. The maximum Gasteiger partial charge on any atom is 0.407 e. The van der Waals surface area contributed by atoms with E-state index in [1.54, 1.807) is 12.1 Å². The lowest BCUT2D eigenvalue weighted by Crippen LogP contribution is -2.41. The van der Waals surface area contributed by atoms with E-state index in [-0.39, 0.29) is 6.10 Å². The van der Waals surface area contributed by atoms with Crippen LogP contribution >= 0.6 is 11.6 Å². The van der Waals surface area contributed by atoms with Gasteiger partial charge in [0.25, 0.3) is 0 Å². The first kappa shape index (κ1) is 11.2. The Morgan fingerprint density at radius 2 is 2.12 bits per heavy atom. The van der Waals surface area contributed by atoms with Gasteiger partial charge in [-0.15, -0.1) is 0 Å². The van der Waals surface area contributed by atoms with Crippen LogP contribution in [0.5, 0.6) is 0 Å². The highest BCUT2D eigenvalue weighted by Gasteiger charge is 2.24. The van der Waals surface area contributed by atoms with Crippen LogP contribution in [0.3, 0.4) is 0 Å². The van der Waals surface area contributed by atoms with Crippen molar-refractivity contribution in [3.63, 3.8) is 0 Å². The fourth-order valence-electron chi connectivity index (χ4n) is 1.70. The number of hydrogen-bond donors (Lipinski definition) is 1. The normalized spacial score (nSPS) is 20.8. The van der Waals surface area contributed by atoms with Gasteiger partial charge in [0, 0.05) is 11.6 Å². The fraction of sp³-hybridized carbons (Fsp3) is 0.364. The van der Waals surface area contributed by atoms with Crippen molar-refractivity contribution in [3.05, 3.63) is 34.9 Å². The van der Waals surface area contributed by atoms with E-state index in [4.69, 9.17) is 21.4 Å². The summed E-state index contributed by atoms with van der Waals surface area (Å²) < 4.78 is 5.54. The molecule has 1 heterocycles. The summed E-state index contributed by atoms with van der Waals surface area (Å²) in [6.45, 7) is 1.23. The average molecular weight is 242 g/mol. The topological polar surface area (TPSA) is 49.8 Å². The van der Waals surface area contributed by atoms with Crippen LogP contribution in [0.4, 0.5) is 4.79 Å². The number of halogens is 1. The molecule has 2 rings (SSSR count). The molecular weight excluding hydrogens is 230 g/mol. The number of nitrogens with zero attached hydrogens (tertiary/aromatic N) is 1. The third-order valence-corrected chi connectivity index (χ3v) is 2.83. The smallest absolute Gasteiger partial charge is 0.407 e. The lowest BCUT2D eigenvalue weighted by molar-refractivity contribution is -0.0232. The van der Waals surface area contributed by atoms with Gasteiger partial charge in [-0.2, -0.15) is 0 Å². The minimum atomic E-state index is -0.901. The molecule has 1 aliphatic heterocycles. The summed E-state index contributed by atoms with van der Waals surface area (Å²) in [5.41, 5.74) is 0.954. The first-order valence-corrected chi connectivity index (χ1v) is 5.39. The third kappa shape index (κ3) is 2.46. The Kier molecular flexibility index (Phi) is 3.31. The quantitative estimate of drug-likeness (QED) is 0.821. The average Bonchev–Trinajstić information content (AvgIpc) is 2.30. The van der Waals surface area contributed by atoms with Crippen LogP contribution in [0.25, 0.3) is 0 Å². The zero-order chi connectivity index (χ0) is 11.5. The van der Waals surface area contributed by atoms with E-state index < -0.39 is 6.09 Å². The predicted molar refractivity (Wildman–Crippen MR) is 59.7 cm³/mol. The molecule has 0 saturated carbocycles. The maximum atomic E-state index is 10.8. The van der Waals surface area contributed by atoms with Crippen LogP contribution in [-0.4, -0.2) is 35.8 Å². The number of benzene rings is 1. The monoisotopic (exact) mass is 241 g/mol. The highest BCUT2D eigenvalue weighted by atomic mass is 35.5. The van der Waals surface area contributed by atoms with Crippen LogP contribution in [0.2, 0.25) is 5.02 Å². The summed E-state index contributed by atoms with van der Waals surface area (Å²) >= 11 is 5.78. The number of amides is 1. The van der Waals surface area contributed by atoms with Gasteiger partial charge in [-0.25, -0.2) is 4.79 Å². The maximum absolute atomic E-state index is 10.8. The molecule has 0 unspecified atom stereocenters. The van der Waals surface area contributed by atoms with Crippen molar-refractivity contribution in [3.8, 4) is 0 Å². The minimum Gasteiger partial charge on any atom is -0.465 e. The Hall–Kier alpha value is -1.26. The molecule has 1 aromatic carbocycles. The number of carbonyl (C=O) groups is 1. The number of morpholine rings is 1. The summed E-state index contributed by atoms with van der Waals surface area (Å²) in [5, 5.41) is 9.56. The molecule has 1 aromatic rings. The summed E-state index contributed by atoms with van der Waals surface area (Å²) in [5.74, 6) is 0. The van der Waals surface area contributed by atoms with Gasteiger partial charge >= 0.3 is 6.09 Å². The van der Waals surface area contributed by atoms with Crippen LogP contribution in [-0.2, 0) is 4.74 Å². The van der Waals surface area contributed by atoms with E-state index in [1.165, 1.54) is 4.90 Å². The molecule has 0 aliphatic carbocycles. The Bertz CT molecular complexity index is 379. The Morgan fingerprint density at radius 1 is 1.44 bits per heavy atom. The predicted octanol–water partition coefficient (Wildman–Crippen LogP) is 2.39. The van der Waals surface area contributed by atoms with Crippen molar-refractivity contribution in [2.24, 2.45) is 0 Å².